The number of carbonyl (C=O) groups is 2. The molecule has 0 N–H and O–H groups in total. The number of hydrogen-bond acceptors (Lipinski definition) is 3. The van der Waals surface area contributed by atoms with Crippen LogP contribution in [0.25, 0.3) is 6.08 Å². The summed E-state index contributed by atoms with van der Waals surface area (Å²) < 4.78 is 5.37. The molecule has 1 rings (SSSR count). The quantitative estimate of drug-likeness (QED) is 0.607. The topological polar surface area (TPSA) is 43.4 Å². The molecule has 3 nitrogen and oxygen atoms in total. The Bertz CT molecular complexity index is 523. The van der Waals surface area contributed by atoms with Crippen molar-refractivity contribution in [3.05, 3.63) is 42.0 Å². The number of Topliss-reactive ketones (excluding diaryl/α,β-unsaturated/α-hetero) is 1. The minimum Gasteiger partial charge on any atom is -0.459 e. The molecule has 3 heteroatoms. The Labute approximate surface area is 127 Å². The van der Waals surface area contributed by atoms with E-state index in [1.807, 2.05) is 42.5 Å². The van der Waals surface area contributed by atoms with Crippen molar-refractivity contribution in [3.8, 4) is 0 Å². The summed E-state index contributed by atoms with van der Waals surface area (Å²) >= 11 is 0. The van der Waals surface area contributed by atoms with E-state index in [1.54, 1.807) is 27.7 Å². The van der Waals surface area contributed by atoms with E-state index in [2.05, 4.69) is 0 Å². The highest BCUT2D eigenvalue weighted by Crippen LogP contribution is 2.28. The maximum atomic E-state index is 12.3. The van der Waals surface area contributed by atoms with Crippen LogP contribution in [0.15, 0.2) is 36.4 Å². The summed E-state index contributed by atoms with van der Waals surface area (Å²) in [5.74, 6) is -0.658. The van der Waals surface area contributed by atoms with Crippen molar-refractivity contribution < 1.29 is 14.3 Å². The van der Waals surface area contributed by atoms with E-state index in [0.717, 1.165) is 5.56 Å². The van der Waals surface area contributed by atoms with E-state index >= 15 is 0 Å². The van der Waals surface area contributed by atoms with Gasteiger partial charge in [-0.15, -0.1) is 0 Å². The molecule has 0 saturated carbocycles. The van der Waals surface area contributed by atoms with Crippen molar-refractivity contribution in [2.24, 2.45) is 5.41 Å². The molecular weight excluding hydrogens is 264 g/mol. The van der Waals surface area contributed by atoms with E-state index in [4.69, 9.17) is 4.74 Å². The lowest BCUT2D eigenvalue weighted by Gasteiger charge is -2.28. The van der Waals surface area contributed by atoms with Gasteiger partial charge in [-0.1, -0.05) is 42.5 Å². The molecule has 0 heterocycles. The molecule has 0 fully saturated rings. The maximum Gasteiger partial charge on any atom is 0.320 e. The first-order valence-corrected chi connectivity index (χ1v) is 7.11. The number of ketones is 1. The molecule has 0 amide bonds. The van der Waals surface area contributed by atoms with Crippen LogP contribution in [-0.4, -0.2) is 17.4 Å². The van der Waals surface area contributed by atoms with Crippen molar-refractivity contribution >= 4 is 17.8 Å². The van der Waals surface area contributed by atoms with Gasteiger partial charge in [-0.05, 0) is 46.6 Å². The molecule has 0 radical (unpaired) electrons. The minimum atomic E-state index is -1.14. The number of hydrogen-bond donors (Lipinski definition) is 0. The van der Waals surface area contributed by atoms with E-state index in [9.17, 15) is 9.59 Å². The molecule has 0 aromatic heterocycles. The van der Waals surface area contributed by atoms with Crippen LogP contribution in [0.2, 0.25) is 0 Å². The normalized spacial score (nSPS) is 14.7. The Morgan fingerprint density at radius 3 is 2.14 bits per heavy atom. The highest BCUT2D eigenvalue weighted by molar-refractivity contribution is 6.02. The largest absolute Gasteiger partial charge is 0.459 e. The summed E-state index contributed by atoms with van der Waals surface area (Å²) in [6.45, 7) is 8.46. The predicted molar refractivity (Wildman–Crippen MR) is 84.7 cm³/mol. The molecule has 0 spiro atoms. The molecule has 1 aromatic carbocycles. The second kappa shape index (κ2) is 6.70. The first-order chi connectivity index (χ1) is 9.65. The van der Waals surface area contributed by atoms with E-state index in [0.29, 0.717) is 6.42 Å². The Kier molecular flexibility index (Phi) is 5.47. The van der Waals surface area contributed by atoms with E-state index < -0.39 is 17.0 Å². The van der Waals surface area contributed by atoms with Gasteiger partial charge in [0.1, 0.15) is 16.8 Å². The zero-order valence-electron chi connectivity index (χ0n) is 13.5. The molecule has 0 aliphatic carbocycles. The lowest BCUT2D eigenvalue weighted by molar-refractivity contribution is -0.168. The average Bonchev–Trinajstić information content (AvgIpc) is 2.37. The van der Waals surface area contributed by atoms with Gasteiger partial charge in [0.15, 0.2) is 0 Å². The van der Waals surface area contributed by atoms with Gasteiger partial charge < -0.3 is 4.74 Å². The summed E-state index contributed by atoms with van der Waals surface area (Å²) in [5, 5.41) is 0. The van der Waals surface area contributed by atoms with Crippen LogP contribution in [0.4, 0.5) is 0 Å². The fourth-order valence-corrected chi connectivity index (χ4v) is 1.76. The van der Waals surface area contributed by atoms with Crippen LogP contribution < -0.4 is 0 Å². The molecule has 0 aliphatic rings. The standard InChI is InChI=1S/C18H24O3/c1-14(19)18(5,16(20)21-17(2,3)4)13-9-12-15-10-7-6-8-11-15/h6-12H,13H2,1-5H3/b12-9+/t18-/m0/s1. The molecule has 1 aromatic rings. The first-order valence-electron chi connectivity index (χ1n) is 7.11. The van der Waals surface area contributed by atoms with Gasteiger partial charge in [0.25, 0.3) is 0 Å². The number of esters is 1. The number of benzene rings is 1. The van der Waals surface area contributed by atoms with Gasteiger partial charge in [0.2, 0.25) is 0 Å². The summed E-state index contributed by atoms with van der Waals surface area (Å²) in [4.78, 5) is 24.2. The predicted octanol–water partition coefficient (Wildman–Crippen LogP) is 4.03. The molecule has 0 saturated heterocycles. The fraction of sp³-hybridized carbons (Fsp3) is 0.444. The maximum absolute atomic E-state index is 12.3. The van der Waals surface area contributed by atoms with Crippen LogP contribution in [0.1, 0.15) is 46.6 Å². The first kappa shape index (κ1) is 17.2. The fourth-order valence-electron chi connectivity index (χ4n) is 1.76. The van der Waals surface area contributed by atoms with Crippen molar-refractivity contribution in [1.29, 1.82) is 0 Å². The molecule has 1 atom stereocenters. The molecular formula is C18H24O3. The molecule has 0 bridgehead atoms. The Balaban J connectivity index is 2.84. The zero-order valence-corrected chi connectivity index (χ0v) is 13.5. The SMILES string of the molecule is CC(=O)[C@](C)(C/C=C/c1ccccc1)C(=O)OC(C)(C)C. The van der Waals surface area contributed by atoms with Gasteiger partial charge in [0, 0.05) is 0 Å². The van der Waals surface area contributed by atoms with Crippen molar-refractivity contribution in [2.75, 3.05) is 0 Å². The highest BCUT2D eigenvalue weighted by atomic mass is 16.6. The number of carbonyl (C=O) groups excluding carboxylic acids is 2. The molecule has 114 valence electrons. The Hall–Kier alpha value is -1.90. The van der Waals surface area contributed by atoms with Crippen LogP contribution in [-0.2, 0) is 14.3 Å². The lowest BCUT2D eigenvalue weighted by Crippen LogP contribution is -2.40. The summed E-state index contributed by atoms with van der Waals surface area (Å²) in [6, 6.07) is 9.76. The number of allylic oxidation sites excluding steroid dienone is 1. The minimum absolute atomic E-state index is 0.186. The summed E-state index contributed by atoms with van der Waals surface area (Å²) in [7, 11) is 0. The second-order valence-corrected chi connectivity index (χ2v) is 6.41. The van der Waals surface area contributed by atoms with Crippen LogP contribution in [0.3, 0.4) is 0 Å². The summed E-state index contributed by atoms with van der Waals surface area (Å²) in [5.41, 5.74) is -0.706. The van der Waals surface area contributed by atoms with E-state index in [1.165, 1.54) is 6.92 Å². The number of ether oxygens (including phenoxy) is 1. The molecule has 0 aliphatic heterocycles. The Morgan fingerprint density at radius 2 is 1.67 bits per heavy atom. The third-order valence-corrected chi connectivity index (χ3v) is 3.26. The average molecular weight is 288 g/mol. The van der Waals surface area contributed by atoms with Crippen LogP contribution >= 0.6 is 0 Å². The smallest absolute Gasteiger partial charge is 0.320 e. The molecule has 0 unspecified atom stereocenters. The summed E-state index contributed by atoms with van der Waals surface area (Å²) in [6.07, 6.45) is 4.08. The van der Waals surface area contributed by atoms with Gasteiger partial charge in [-0.25, -0.2) is 0 Å². The van der Waals surface area contributed by atoms with Crippen molar-refractivity contribution in [3.63, 3.8) is 0 Å². The van der Waals surface area contributed by atoms with Gasteiger partial charge >= 0.3 is 5.97 Å². The monoisotopic (exact) mass is 288 g/mol. The lowest BCUT2D eigenvalue weighted by atomic mass is 9.82. The van der Waals surface area contributed by atoms with Crippen molar-refractivity contribution in [2.45, 2.75) is 46.6 Å². The van der Waals surface area contributed by atoms with Gasteiger partial charge in [-0.3, -0.25) is 9.59 Å². The number of rotatable bonds is 5. The highest BCUT2D eigenvalue weighted by Gasteiger charge is 2.40. The van der Waals surface area contributed by atoms with Crippen molar-refractivity contribution in [1.82, 2.24) is 0 Å². The zero-order chi connectivity index (χ0) is 16.1. The van der Waals surface area contributed by atoms with Crippen LogP contribution in [0, 0.1) is 5.41 Å². The van der Waals surface area contributed by atoms with Crippen LogP contribution in [0.5, 0.6) is 0 Å². The Morgan fingerprint density at radius 1 is 1.10 bits per heavy atom. The third-order valence-electron chi connectivity index (χ3n) is 3.26. The van der Waals surface area contributed by atoms with E-state index in [-0.39, 0.29) is 5.78 Å². The molecule has 21 heavy (non-hydrogen) atoms. The van der Waals surface area contributed by atoms with Gasteiger partial charge in [-0.2, -0.15) is 0 Å². The third kappa shape index (κ3) is 5.18. The second-order valence-electron chi connectivity index (χ2n) is 6.41. The van der Waals surface area contributed by atoms with Gasteiger partial charge in [0.05, 0.1) is 0 Å².